The first-order valence-corrected chi connectivity index (χ1v) is 9.76. The Balaban J connectivity index is 1.63. The molecule has 1 aliphatic rings. The fourth-order valence-corrected chi connectivity index (χ4v) is 4.54. The summed E-state index contributed by atoms with van der Waals surface area (Å²) in [4.78, 5) is 12.5. The van der Waals surface area contributed by atoms with Gasteiger partial charge in [-0.1, -0.05) is 42.0 Å². The van der Waals surface area contributed by atoms with E-state index in [1.54, 1.807) is 12.1 Å². The average molecular weight is 343 g/mol. The number of rotatable bonds is 4. The van der Waals surface area contributed by atoms with Gasteiger partial charge in [-0.05, 0) is 42.5 Å². The lowest BCUT2D eigenvalue weighted by Crippen LogP contribution is -2.24. The zero-order valence-corrected chi connectivity index (χ0v) is 14.5. The Kier molecular flexibility index (Phi) is 4.71. The topological polar surface area (TPSA) is 63.2 Å². The molecule has 0 saturated carbocycles. The van der Waals surface area contributed by atoms with Gasteiger partial charge >= 0.3 is 0 Å². The van der Waals surface area contributed by atoms with Crippen LogP contribution in [0.1, 0.15) is 28.7 Å². The van der Waals surface area contributed by atoms with Crippen molar-refractivity contribution >= 4 is 15.7 Å². The van der Waals surface area contributed by atoms with E-state index in [4.69, 9.17) is 0 Å². The molecule has 0 saturated heterocycles. The first-order chi connectivity index (χ1) is 11.4. The second-order valence-corrected chi connectivity index (χ2v) is 8.38. The molecule has 0 bridgehead atoms. The summed E-state index contributed by atoms with van der Waals surface area (Å²) in [5.41, 5.74) is 3.94. The quantitative estimate of drug-likeness (QED) is 0.928. The lowest BCUT2D eigenvalue weighted by molar-refractivity contribution is -0.120. The highest BCUT2D eigenvalue weighted by Gasteiger charge is 2.23. The summed E-state index contributed by atoms with van der Waals surface area (Å²) in [7, 11) is -3.14. The van der Waals surface area contributed by atoms with Crippen LogP contribution in [0.4, 0.5) is 0 Å². The Bertz CT molecular complexity index is 855. The van der Waals surface area contributed by atoms with E-state index in [0.717, 1.165) is 23.1 Å². The van der Waals surface area contributed by atoms with Crippen molar-refractivity contribution < 1.29 is 13.2 Å². The summed E-state index contributed by atoms with van der Waals surface area (Å²) < 4.78 is 24.0. The van der Waals surface area contributed by atoms with E-state index < -0.39 is 9.84 Å². The van der Waals surface area contributed by atoms with Gasteiger partial charge < -0.3 is 5.32 Å². The van der Waals surface area contributed by atoms with Crippen molar-refractivity contribution in [1.29, 1.82) is 0 Å². The number of hydrogen-bond donors (Lipinski definition) is 1. The molecule has 1 heterocycles. The summed E-state index contributed by atoms with van der Waals surface area (Å²) in [5, 5.41) is 2.91. The molecule has 24 heavy (non-hydrogen) atoms. The molecule has 0 unspecified atom stereocenters. The smallest absolute Gasteiger partial charge is 0.224 e. The summed E-state index contributed by atoms with van der Waals surface area (Å²) in [6.45, 7) is 2.52. The molecule has 0 aromatic heterocycles. The lowest BCUT2D eigenvalue weighted by atomic mass is 10.0. The molecule has 3 rings (SSSR count). The number of fused-ring (bicyclic) bond motifs is 1. The van der Waals surface area contributed by atoms with Crippen LogP contribution < -0.4 is 5.32 Å². The fourth-order valence-electron chi connectivity index (χ4n) is 2.96. The minimum Gasteiger partial charge on any atom is -0.352 e. The molecular formula is C19H21NO3S. The highest BCUT2D eigenvalue weighted by Crippen LogP contribution is 2.26. The number of carbonyl (C=O) groups excluding carboxylic acids is 1. The van der Waals surface area contributed by atoms with Crippen molar-refractivity contribution in [3.8, 4) is 0 Å². The summed E-state index contributed by atoms with van der Waals surface area (Å²) in [6.07, 6.45) is 1.67. The number of benzene rings is 2. The molecule has 1 amide bonds. The third-order valence-electron chi connectivity index (χ3n) is 4.29. The van der Waals surface area contributed by atoms with Crippen molar-refractivity contribution in [2.45, 2.75) is 37.6 Å². The molecular weight excluding hydrogens is 322 g/mol. The Morgan fingerprint density at radius 2 is 1.79 bits per heavy atom. The minimum atomic E-state index is -3.14. The van der Waals surface area contributed by atoms with Gasteiger partial charge in [0.1, 0.15) is 0 Å². The molecule has 2 aromatic carbocycles. The summed E-state index contributed by atoms with van der Waals surface area (Å²) in [6, 6.07) is 13.3. The van der Waals surface area contributed by atoms with E-state index in [2.05, 4.69) is 5.32 Å². The number of nitrogens with one attached hydrogen (secondary N) is 1. The average Bonchev–Trinajstić information content (AvgIpc) is 2.54. The molecule has 0 atom stereocenters. The normalized spacial score (nSPS) is 15.5. The highest BCUT2D eigenvalue weighted by atomic mass is 32.2. The standard InChI is InChI=1S/C19H21NO3S/c1-14-4-6-15(7-5-14)13-20-19(21)12-16-8-9-18-17(11-16)3-2-10-24(18,22)23/h4-9,11H,2-3,10,12-13H2,1H3,(H,20,21). The SMILES string of the molecule is Cc1ccc(CNC(=O)Cc2ccc3c(c2)CCCS3(=O)=O)cc1. The molecule has 5 heteroatoms. The second-order valence-electron chi connectivity index (χ2n) is 6.30. The van der Waals surface area contributed by atoms with E-state index in [1.165, 1.54) is 5.56 Å². The van der Waals surface area contributed by atoms with Gasteiger partial charge in [0.05, 0.1) is 17.1 Å². The van der Waals surface area contributed by atoms with Crippen LogP contribution in [0, 0.1) is 6.92 Å². The van der Waals surface area contributed by atoms with Crippen molar-refractivity contribution in [2.24, 2.45) is 0 Å². The van der Waals surface area contributed by atoms with E-state index in [9.17, 15) is 13.2 Å². The zero-order valence-electron chi connectivity index (χ0n) is 13.7. The van der Waals surface area contributed by atoms with Gasteiger partial charge in [-0.25, -0.2) is 8.42 Å². The Hall–Kier alpha value is -2.14. The monoisotopic (exact) mass is 343 g/mol. The molecule has 1 aliphatic heterocycles. The maximum Gasteiger partial charge on any atom is 0.224 e. The van der Waals surface area contributed by atoms with Gasteiger partial charge in [0.25, 0.3) is 0 Å². The van der Waals surface area contributed by atoms with Gasteiger partial charge in [-0.3, -0.25) is 4.79 Å². The van der Waals surface area contributed by atoms with Gasteiger partial charge in [0.2, 0.25) is 5.91 Å². The van der Waals surface area contributed by atoms with E-state index in [1.807, 2.05) is 37.3 Å². The number of amides is 1. The van der Waals surface area contributed by atoms with Crippen LogP contribution >= 0.6 is 0 Å². The summed E-state index contributed by atoms with van der Waals surface area (Å²) >= 11 is 0. The van der Waals surface area contributed by atoms with Crippen LogP contribution in [0.5, 0.6) is 0 Å². The molecule has 0 fully saturated rings. The molecule has 1 N–H and O–H groups in total. The minimum absolute atomic E-state index is 0.0609. The largest absolute Gasteiger partial charge is 0.352 e. The number of carbonyl (C=O) groups is 1. The Labute approximate surface area is 142 Å². The Morgan fingerprint density at radius 3 is 2.54 bits per heavy atom. The zero-order chi connectivity index (χ0) is 17.2. The summed E-state index contributed by atoms with van der Waals surface area (Å²) in [5.74, 6) is 0.158. The lowest BCUT2D eigenvalue weighted by Gasteiger charge is -2.17. The van der Waals surface area contributed by atoms with Crippen LogP contribution in [0.3, 0.4) is 0 Å². The van der Waals surface area contributed by atoms with Crippen LogP contribution in [0.15, 0.2) is 47.4 Å². The number of sulfone groups is 1. The predicted octanol–water partition coefficient (Wildman–Crippen LogP) is 2.57. The van der Waals surface area contributed by atoms with Crippen LogP contribution in [0.25, 0.3) is 0 Å². The van der Waals surface area contributed by atoms with E-state index >= 15 is 0 Å². The third-order valence-corrected chi connectivity index (χ3v) is 6.19. The van der Waals surface area contributed by atoms with Crippen molar-refractivity contribution in [3.63, 3.8) is 0 Å². The highest BCUT2D eigenvalue weighted by molar-refractivity contribution is 7.91. The predicted molar refractivity (Wildman–Crippen MR) is 93.5 cm³/mol. The molecule has 0 radical (unpaired) electrons. The molecule has 2 aromatic rings. The number of aryl methyl sites for hydroxylation is 2. The molecule has 4 nitrogen and oxygen atoms in total. The van der Waals surface area contributed by atoms with Crippen LogP contribution in [-0.2, 0) is 34.0 Å². The van der Waals surface area contributed by atoms with Crippen molar-refractivity contribution in [1.82, 2.24) is 5.32 Å². The maximum absolute atomic E-state index is 12.1. The van der Waals surface area contributed by atoms with Gasteiger partial charge in [-0.15, -0.1) is 0 Å². The molecule has 0 aliphatic carbocycles. The molecule has 126 valence electrons. The van der Waals surface area contributed by atoms with Crippen LogP contribution in [-0.4, -0.2) is 20.1 Å². The third kappa shape index (κ3) is 3.85. The fraction of sp³-hybridized carbons (Fsp3) is 0.316. The van der Waals surface area contributed by atoms with Crippen LogP contribution in [0.2, 0.25) is 0 Å². The Morgan fingerprint density at radius 1 is 1.08 bits per heavy atom. The van der Waals surface area contributed by atoms with Gasteiger partial charge in [0.15, 0.2) is 9.84 Å². The molecule has 0 spiro atoms. The van der Waals surface area contributed by atoms with Gasteiger partial charge in [0, 0.05) is 6.54 Å². The number of hydrogen-bond acceptors (Lipinski definition) is 3. The van der Waals surface area contributed by atoms with E-state index in [0.29, 0.717) is 17.9 Å². The van der Waals surface area contributed by atoms with Crippen molar-refractivity contribution in [3.05, 3.63) is 64.7 Å². The van der Waals surface area contributed by atoms with Gasteiger partial charge in [-0.2, -0.15) is 0 Å². The van der Waals surface area contributed by atoms with E-state index in [-0.39, 0.29) is 18.1 Å². The maximum atomic E-state index is 12.1. The first kappa shape index (κ1) is 16.7. The second kappa shape index (κ2) is 6.77. The van der Waals surface area contributed by atoms with Crippen molar-refractivity contribution in [2.75, 3.05) is 5.75 Å². The first-order valence-electron chi connectivity index (χ1n) is 8.11.